The van der Waals surface area contributed by atoms with Crippen LogP contribution in [-0.2, 0) is 23.2 Å². The molecule has 2 saturated carbocycles. The molecule has 3 unspecified atom stereocenters. The van der Waals surface area contributed by atoms with Crippen LogP contribution in [0.15, 0.2) is 46.0 Å². The molecule has 4 aliphatic rings. The van der Waals surface area contributed by atoms with Crippen LogP contribution < -0.4 is 26.2 Å². The zero-order chi connectivity index (χ0) is 41.9. The average Bonchev–Trinajstić information content (AvgIpc) is 3.94. The van der Waals surface area contributed by atoms with Crippen LogP contribution in [0.5, 0.6) is 0 Å². The SMILES string of the molecule is CC(C)CCN1c2ccc(C(F)(F)F)cc2C(C)(CC2CCCC2)C1C=c1c(=O)c(=CC2=[N+](CCC(C)C)c3ccc(C(F)(F)F)cc3C2(C)CC2CCCC2)c1=O. The third-order valence-electron chi connectivity index (χ3n) is 14.1. The fraction of sp³-hybridized carbons (Fsp3) is 0.604. The van der Waals surface area contributed by atoms with Crippen molar-refractivity contribution in [2.45, 2.75) is 148 Å². The Labute approximate surface area is 338 Å². The molecule has 2 aliphatic carbocycles. The van der Waals surface area contributed by atoms with Gasteiger partial charge in [-0.15, -0.1) is 0 Å². The van der Waals surface area contributed by atoms with Crippen LogP contribution in [0.4, 0.5) is 37.7 Å². The first-order chi connectivity index (χ1) is 27.2. The first-order valence-electron chi connectivity index (χ1n) is 21.6. The number of nitrogens with zero attached hydrogens (tertiary/aromatic N) is 2. The molecular formula is C48H59F6N2O2+. The lowest BCUT2D eigenvalue weighted by molar-refractivity contribution is -0.438. The summed E-state index contributed by atoms with van der Waals surface area (Å²) in [6.45, 7) is 13.4. The maximum atomic E-state index is 14.4. The van der Waals surface area contributed by atoms with E-state index in [4.69, 9.17) is 0 Å². The Morgan fingerprint density at radius 1 is 0.741 bits per heavy atom. The minimum absolute atomic E-state index is 0.0124. The lowest BCUT2D eigenvalue weighted by Crippen LogP contribution is -2.66. The Morgan fingerprint density at radius 2 is 1.28 bits per heavy atom. The lowest BCUT2D eigenvalue weighted by atomic mass is 9.71. The molecule has 0 spiro atoms. The third kappa shape index (κ3) is 7.87. The smallest absolute Gasteiger partial charge is 0.364 e. The molecule has 0 radical (unpaired) electrons. The zero-order valence-corrected chi connectivity index (χ0v) is 34.9. The van der Waals surface area contributed by atoms with Crippen molar-refractivity contribution in [3.05, 3.63) is 89.5 Å². The van der Waals surface area contributed by atoms with Gasteiger partial charge >= 0.3 is 12.4 Å². The molecule has 3 atom stereocenters. The number of fused-ring (bicyclic) bond motifs is 2. The van der Waals surface area contributed by atoms with Gasteiger partial charge < -0.3 is 4.90 Å². The first-order valence-corrected chi connectivity index (χ1v) is 21.6. The van der Waals surface area contributed by atoms with Crippen molar-refractivity contribution < 1.29 is 30.9 Å². The van der Waals surface area contributed by atoms with Gasteiger partial charge in [-0.2, -0.15) is 30.9 Å². The van der Waals surface area contributed by atoms with E-state index in [9.17, 15) is 35.9 Å². The fourth-order valence-electron chi connectivity index (χ4n) is 10.9. The van der Waals surface area contributed by atoms with E-state index in [-0.39, 0.29) is 10.4 Å². The third-order valence-corrected chi connectivity index (χ3v) is 14.1. The Bertz CT molecular complexity index is 2220. The molecule has 0 N–H and O–H groups in total. The maximum Gasteiger partial charge on any atom is 0.416 e. The van der Waals surface area contributed by atoms with Crippen LogP contribution in [-0.4, -0.2) is 29.4 Å². The summed E-state index contributed by atoms with van der Waals surface area (Å²) < 4.78 is 87.3. The van der Waals surface area contributed by atoms with E-state index >= 15 is 0 Å². The maximum absolute atomic E-state index is 14.4. The van der Waals surface area contributed by atoms with Crippen molar-refractivity contribution in [3.8, 4) is 0 Å². The van der Waals surface area contributed by atoms with E-state index in [1.807, 2.05) is 18.4 Å². The van der Waals surface area contributed by atoms with Crippen LogP contribution in [0, 0.1) is 23.7 Å². The number of anilines is 1. The van der Waals surface area contributed by atoms with Crippen molar-refractivity contribution in [1.29, 1.82) is 0 Å². The normalized spacial score (nSPS) is 24.2. The second-order valence-electron chi connectivity index (χ2n) is 19.3. The largest absolute Gasteiger partial charge is 0.416 e. The van der Waals surface area contributed by atoms with Crippen LogP contribution in [0.2, 0.25) is 0 Å². The van der Waals surface area contributed by atoms with E-state index in [2.05, 4.69) is 32.6 Å². The summed E-state index contributed by atoms with van der Waals surface area (Å²) in [6, 6.07) is 7.41. The minimum atomic E-state index is -4.53. The molecule has 2 fully saturated rings. The molecule has 0 aromatic heterocycles. The van der Waals surface area contributed by atoms with E-state index in [0.717, 1.165) is 76.3 Å². The summed E-state index contributed by atoms with van der Waals surface area (Å²) in [5, 5.41) is 0.0485. The van der Waals surface area contributed by atoms with Crippen molar-refractivity contribution in [2.75, 3.05) is 18.0 Å². The van der Waals surface area contributed by atoms with Gasteiger partial charge in [0.05, 0.1) is 33.0 Å². The monoisotopic (exact) mass is 809 g/mol. The summed E-state index contributed by atoms with van der Waals surface area (Å²) in [5.41, 5.74) is -0.664. The average molecular weight is 810 g/mol. The van der Waals surface area contributed by atoms with E-state index in [1.54, 1.807) is 24.3 Å². The van der Waals surface area contributed by atoms with Crippen molar-refractivity contribution >= 4 is 29.2 Å². The molecule has 7 rings (SSSR count). The van der Waals surface area contributed by atoms with Crippen LogP contribution >= 0.6 is 0 Å². The van der Waals surface area contributed by atoms with E-state index in [0.29, 0.717) is 77.8 Å². The lowest BCUT2D eigenvalue weighted by Gasteiger charge is -2.37. The molecule has 3 aromatic carbocycles. The summed E-state index contributed by atoms with van der Waals surface area (Å²) in [6.07, 6.45) is 5.31. The standard InChI is InChI=1S/C48H59F6N2O2/c1-29(2)19-21-55-39-17-15-33(47(49,50)51)23-37(39)45(5,27-31-11-7-8-12-31)41(55)25-35-43(57)36(44(35)58)26-42-46(6,28-32-13-9-10-14-32)38-24-34(48(52,53)54)16-18-40(38)56(42)22-20-30(3)4/h15-18,23-26,29-32,41H,7-14,19-22,27-28H2,1-6H3/q+1. The molecule has 3 aromatic rings. The summed E-state index contributed by atoms with van der Waals surface area (Å²) in [5.74, 6) is 1.22. The Balaban J connectivity index is 1.39. The van der Waals surface area contributed by atoms with Gasteiger partial charge in [-0.05, 0) is 91.8 Å². The molecule has 0 bridgehead atoms. The first kappa shape index (κ1) is 42.4. The topological polar surface area (TPSA) is 40.4 Å². The van der Waals surface area contributed by atoms with Crippen molar-refractivity contribution in [3.63, 3.8) is 0 Å². The molecule has 0 amide bonds. The van der Waals surface area contributed by atoms with Gasteiger partial charge in [-0.25, -0.2) is 0 Å². The highest BCUT2D eigenvalue weighted by Crippen LogP contribution is 2.53. The molecule has 2 heterocycles. The van der Waals surface area contributed by atoms with Crippen LogP contribution in [0.25, 0.3) is 12.2 Å². The number of benzene rings is 2. The quantitative estimate of drug-likeness (QED) is 0.135. The molecule has 10 heteroatoms. The van der Waals surface area contributed by atoms with Gasteiger partial charge in [-0.1, -0.05) is 86.0 Å². The van der Waals surface area contributed by atoms with Gasteiger partial charge in [0.15, 0.2) is 5.71 Å². The molecular weight excluding hydrogens is 751 g/mol. The number of hydrogen-bond acceptors (Lipinski definition) is 3. The van der Waals surface area contributed by atoms with Gasteiger partial charge in [0.2, 0.25) is 16.5 Å². The summed E-state index contributed by atoms with van der Waals surface area (Å²) in [7, 11) is 0. The second kappa shape index (κ2) is 15.7. The minimum Gasteiger partial charge on any atom is -0.364 e. The highest BCUT2D eigenvalue weighted by atomic mass is 19.4. The Morgan fingerprint density at radius 3 is 1.83 bits per heavy atom. The molecule has 2 aliphatic heterocycles. The molecule has 58 heavy (non-hydrogen) atoms. The van der Waals surface area contributed by atoms with Gasteiger partial charge in [0.25, 0.3) is 0 Å². The molecule has 0 saturated heterocycles. The van der Waals surface area contributed by atoms with Gasteiger partial charge in [0.1, 0.15) is 6.54 Å². The number of alkyl halides is 6. The number of halogens is 6. The second-order valence-corrected chi connectivity index (χ2v) is 19.3. The number of rotatable bonds is 12. The van der Waals surface area contributed by atoms with Gasteiger partial charge in [-0.3, -0.25) is 9.59 Å². The van der Waals surface area contributed by atoms with Crippen LogP contribution in [0.1, 0.15) is 141 Å². The molecule has 314 valence electrons. The van der Waals surface area contributed by atoms with Crippen molar-refractivity contribution in [2.24, 2.45) is 23.7 Å². The molecule has 4 nitrogen and oxygen atoms in total. The van der Waals surface area contributed by atoms with Crippen LogP contribution in [0.3, 0.4) is 0 Å². The summed E-state index contributed by atoms with van der Waals surface area (Å²) in [4.78, 5) is 30.9. The fourth-order valence-corrected chi connectivity index (χ4v) is 10.9. The Hall–Kier alpha value is -3.69. The zero-order valence-electron chi connectivity index (χ0n) is 34.9. The number of hydrogen-bond donors (Lipinski definition) is 0. The van der Waals surface area contributed by atoms with E-state index < -0.39 is 51.2 Å². The summed E-state index contributed by atoms with van der Waals surface area (Å²) >= 11 is 0. The predicted molar refractivity (Wildman–Crippen MR) is 220 cm³/mol. The highest BCUT2D eigenvalue weighted by molar-refractivity contribution is 6.15. The Kier molecular flexibility index (Phi) is 11.5. The predicted octanol–water partition coefficient (Wildman–Crippen LogP) is 10.3. The highest BCUT2D eigenvalue weighted by Gasteiger charge is 2.52. The van der Waals surface area contributed by atoms with Gasteiger partial charge in [0, 0.05) is 41.8 Å². The van der Waals surface area contributed by atoms with Crippen molar-refractivity contribution in [1.82, 2.24) is 0 Å². The van der Waals surface area contributed by atoms with E-state index in [1.165, 1.54) is 12.1 Å².